The molecule has 0 aliphatic carbocycles. The maximum atomic E-state index is 3.36. The van der Waals surface area contributed by atoms with E-state index in [1.165, 1.54) is 19.3 Å². The van der Waals surface area contributed by atoms with Gasteiger partial charge in [0, 0.05) is 0 Å². The van der Waals surface area contributed by atoms with E-state index in [0.717, 1.165) is 5.92 Å². The highest BCUT2D eigenvalue weighted by atomic mass is 13.7. The second kappa shape index (κ2) is 62.7. The molecule has 0 aliphatic rings. The summed E-state index contributed by atoms with van der Waals surface area (Å²) >= 11 is 0. The first kappa shape index (κ1) is 29.6. The standard InChI is InChI=1S/2C4H10.C3H8.C3H6.C2H4/c1-4(2)3;1-3-4-2;2*1-3-2;1-2/h4H,1-3H3;3-4H2,1-2H3;3H2,1-2H3;3H,1H2,2H3;1-2H2. The van der Waals surface area contributed by atoms with Crippen LogP contribution in [0.15, 0.2) is 25.8 Å². The Morgan fingerprint density at radius 1 is 0.875 bits per heavy atom. The van der Waals surface area contributed by atoms with Crippen LogP contribution in [-0.4, -0.2) is 0 Å². The average Bonchev–Trinajstić information content (AvgIpc) is 2.22. The molecule has 0 aromatic carbocycles. The molecule has 102 valence electrons. The van der Waals surface area contributed by atoms with Gasteiger partial charge in [-0.2, -0.15) is 0 Å². The van der Waals surface area contributed by atoms with Crippen molar-refractivity contribution >= 4 is 0 Å². The van der Waals surface area contributed by atoms with Crippen molar-refractivity contribution in [3.63, 3.8) is 0 Å². The van der Waals surface area contributed by atoms with Gasteiger partial charge in [0.1, 0.15) is 0 Å². The monoisotopic (exact) mass is 230 g/mol. The summed E-state index contributed by atoms with van der Waals surface area (Å²) in [5.74, 6) is 0.833. The van der Waals surface area contributed by atoms with Crippen LogP contribution in [-0.2, 0) is 0 Å². The van der Waals surface area contributed by atoms with Gasteiger partial charge in [-0.1, -0.05) is 73.8 Å². The van der Waals surface area contributed by atoms with Gasteiger partial charge in [0.05, 0.1) is 0 Å². The second-order valence-electron chi connectivity index (χ2n) is 3.85. The van der Waals surface area contributed by atoms with Gasteiger partial charge in [0.15, 0.2) is 0 Å². The van der Waals surface area contributed by atoms with Crippen LogP contribution in [0.3, 0.4) is 0 Å². The highest BCUT2D eigenvalue weighted by Crippen LogP contribution is 1.81. The van der Waals surface area contributed by atoms with Crippen molar-refractivity contribution in [2.45, 2.75) is 74.7 Å². The minimum absolute atomic E-state index is 0.833. The fraction of sp³-hybridized carbons (Fsp3) is 0.750. The largest absolute Gasteiger partial charge is 0.106 e. The van der Waals surface area contributed by atoms with Gasteiger partial charge in [0.25, 0.3) is 0 Å². The van der Waals surface area contributed by atoms with E-state index in [0.29, 0.717) is 0 Å². The lowest BCUT2D eigenvalue weighted by molar-refractivity contribution is 0.737. The van der Waals surface area contributed by atoms with E-state index in [1.54, 1.807) is 6.08 Å². The van der Waals surface area contributed by atoms with E-state index in [-0.39, 0.29) is 0 Å². The quantitative estimate of drug-likeness (QED) is 0.431. The lowest BCUT2D eigenvalue weighted by Gasteiger charge is -1.79. The number of unbranched alkanes of at least 4 members (excludes halogenated alkanes) is 1. The lowest BCUT2D eigenvalue weighted by Crippen LogP contribution is -1.66. The fourth-order valence-corrected chi connectivity index (χ4v) is 0. The third-order valence-electron chi connectivity index (χ3n) is 0.500. The minimum atomic E-state index is 0.833. The van der Waals surface area contributed by atoms with Crippen LogP contribution in [0, 0.1) is 5.92 Å². The molecule has 0 aromatic rings. The van der Waals surface area contributed by atoms with Crippen molar-refractivity contribution in [2.75, 3.05) is 0 Å². The molecule has 0 N–H and O–H groups in total. The molecule has 0 amide bonds. The van der Waals surface area contributed by atoms with E-state index in [2.05, 4.69) is 68.2 Å². The summed E-state index contributed by atoms with van der Waals surface area (Å²) in [6, 6.07) is 0. The molecule has 0 rings (SSSR count). The summed E-state index contributed by atoms with van der Waals surface area (Å²) in [5.41, 5.74) is 0. The molecule has 0 aliphatic heterocycles. The van der Waals surface area contributed by atoms with Crippen LogP contribution >= 0.6 is 0 Å². The van der Waals surface area contributed by atoms with Crippen LogP contribution in [0.5, 0.6) is 0 Å². The Balaban J connectivity index is -0.0000000322. The number of hydrogen-bond acceptors (Lipinski definition) is 0. The highest BCUT2D eigenvalue weighted by molar-refractivity contribution is 4.51. The molecule has 0 nitrogen and oxygen atoms in total. The van der Waals surface area contributed by atoms with Crippen molar-refractivity contribution in [2.24, 2.45) is 5.92 Å². The molecular weight excluding hydrogens is 192 g/mol. The first-order valence-electron chi connectivity index (χ1n) is 6.55. The number of allylic oxidation sites excluding steroid dienone is 1. The molecule has 0 saturated heterocycles. The molecule has 0 spiro atoms. The third kappa shape index (κ3) is 9110. The summed E-state index contributed by atoms with van der Waals surface area (Å²) in [6.45, 7) is 26.4. The molecule has 0 heteroatoms. The van der Waals surface area contributed by atoms with Crippen LogP contribution in [0.4, 0.5) is 0 Å². The van der Waals surface area contributed by atoms with Crippen molar-refractivity contribution < 1.29 is 0 Å². The Kier molecular flexibility index (Phi) is 116. The van der Waals surface area contributed by atoms with Gasteiger partial charge < -0.3 is 0 Å². The Hall–Kier alpha value is -0.520. The average molecular weight is 230 g/mol. The maximum absolute atomic E-state index is 3.36. The van der Waals surface area contributed by atoms with Crippen molar-refractivity contribution in [3.05, 3.63) is 25.8 Å². The van der Waals surface area contributed by atoms with Crippen LogP contribution in [0.25, 0.3) is 0 Å². The van der Waals surface area contributed by atoms with E-state index >= 15 is 0 Å². The van der Waals surface area contributed by atoms with Crippen molar-refractivity contribution in [1.29, 1.82) is 0 Å². The zero-order valence-electron chi connectivity index (χ0n) is 13.4. The zero-order chi connectivity index (χ0) is 14.4. The maximum Gasteiger partial charge on any atom is -0.0473 e. The Labute approximate surface area is 107 Å². The Morgan fingerprint density at radius 3 is 0.938 bits per heavy atom. The minimum Gasteiger partial charge on any atom is -0.106 e. The van der Waals surface area contributed by atoms with Crippen LogP contribution < -0.4 is 0 Å². The van der Waals surface area contributed by atoms with Crippen molar-refractivity contribution in [1.82, 2.24) is 0 Å². The van der Waals surface area contributed by atoms with E-state index in [1.807, 2.05) is 6.92 Å². The molecular formula is C16H38. The lowest BCUT2D eigenvalue weighted by atomic mass is 10.3. The topological polar surface area (TPSA) is 0 Å². The number of hydrogen-bond donors (Lipinski definition) is 0. The zero-order valence-corrected chi connectivity index (χ0v) is 13.4. The molecule has 0 unspecified atom stereocenters. The molecule has 0 aromatic heterocycles. The van der Waals surface area contributed by atoms with Crippen molar-refractivity contribution in [3.8, 4) is 0 Å². The molecule has 0 heterocycles. The van der Waals surface area contributed by atoms with E-state index < -0.39 is 0 Å². The highest BCUT2D eigenvalue weighted by Gasteiger charge is 1.68. The van der Waals surface area contributed by atoms with Gasteiger partial charge in [-0.3, -0.25) is 0 Å². The summed E-state index contributed by atoms with van der Waals surface area (Å²) in [6.07, 6.45) is 5.64. The molecule has 0 saturated carbocycles. The molecule has 16 heavy (non-hydrogen) atoms. The van der Waals surface area contributed by atoms with Crippen LogP contribution in [0.2, 0.25) is 0 Å². The SMILES string of the molecule is C=C.C=CC.CC(C)C.CCC.CCCC. The van der Waals surface area contributed by atoms with E-state index in [4.69, 9.17) is 0 Å². The predicted octanol–water partition coefficient (Wildman–Crippen LogP) is 6.88. The first-order chi connectivity index (χ1) is 7.47. The van der Waals surface area contributed by atoms with Gasteiger partial charge in [0.2, 0.25) is 0 Å². The van der Waals surface area contributed by atoms with Crippen LogP contribution in [0.1, 0.15) is 74.7 Å². The molecule has 0 bridgehead atoms. The Morgan fingerprint density at radius 2 is 0.938 bits per heavy atom. The molecule has 0 fully saturated rings. The van der Waals surface area contributed by atoms with Gasteiger partial charge in [-0.05, 0) is 12.8 Å². The van der Waals surface area contributed by atoms with Gasteiger partial charge >= 0.3 is 0 Å². The Bertz CT molecular complexity index is 57.7. The second-order valence-corrected chi connectivity index (χ2v) is 3.85. The summed E-state index contributed by atoms with van der Waals surface area (Å²) in [4.78, 5) is 0. The molecule has 0 radical (unpaired) electrons. The fourth-order valence-electron chi connectivity index (χ4n) is 0. The first-order valence-corrected chi connectivity index (χ1v) is 6.55. The number of rotatable bonds is 1. The van der Waals surface area contributed by atoms with Gasteiger partial charge in [-0.15, -0.1) is 19.7 Å². The van der Waals surface area contributed by atoms with Gasteiger partial charge in [-0.25, -0.2) is 0 Å². The third-order valence-corrected chi connectivity index (χ3v) is 0.500. The summed E-state index contributed by atoms with van der Waals surface area (Å²) in [5, 5.41) is 0. The summed E-state index contributed by atoms with van der Waals surface area (Å²) in [7, 11) is 0. The summed E-state index contributed by atoms with van der Waals surface area (Å²) < 4.78 is 0. The van der Waals surface area contributed by atoms with E-state index in [9.17, 15) is 0 Å². The normalized spacial score (nSPS) is 6.31. The molecule has 0 atom stereocenters. The predicted molar refractivity (Wildman–Crippen MR) is 84.2 cm³/mol. The smallest absolute Gasteiger partial charge is 0.0473 e.